The van der Waals surface area contributed by atoms with Gasteiger partial charge in [0.15, 0.2) is 0 Å². The molecule has 0 fully saturated rings. The second-order valence-corrected chi connectivity index (χ2v) is 6.95. The van der Waals surface area contributed by atoms with Crippen molar-refractivity contribution in [2.45, 2.75) is 38.0 Å². The Kier molecular flexibility index (Phi) is 5.38. The predicted molar refractivity (Wildman–Crippen MR) is 77.2 cm³/mol. The van der Waals surface area contributed by atoms with Gasteiger partial charge in [0.05, 0.1) is 4.90 Å². The molecule has 1 aliphatic heterocycles. The Morgan fingerprint density at radius 3 is 2.37 bits per heavy atom. The number of amides is 1. The summed E-state index contributed by atoms with van der Waals surface area (Å²) in [5.74, 6) is 0.0361. The summed E-state index contributed by atoms with van der Waals surface area (Å²) in [7, 11) is 3.24. The molecule has 6 heteroatoms. The normalized spacial score (nSPS) is 14.5. The van der Waals surface area contributed by atoms with Crippen LogP contribution in [-0.2, 0) is 20.3 Å². The van der Waals surface area contributed by atoms with Crippen LogP contribution in [0.25, 0.3) is 0 Å². The minimum absolute atomic E-state index is 0.0361. The summed E-state index contributed by atoms with van der Waals surface area (Å²) in [5.41, 5.74) is 1.59. The molecule has 0 radical (unpaired) electrons. The summed E-state index contributed by atoms with van der Waals surface area (Å²) < 4.78 is 22.3. The fourth-order valence-electron chi connectivity index (χ4n) is 1.78. The van der Waals surface area contributed by atoms with Crippen molar-refractivity contribution >= 4 is 31.3 Å². The van der Waals surface area contributed by atoms with Crippen LogP contribution in [0.5, 0.6) is 0 Å². The fourth-order valence-corrected chi connectivity index (χ4v) is 2.59. The smallest absolute Gasteiger partial charge is 0.261 e. The topological polar surface area (TPSA) is 54.5 Å². The number of nitrogens with zero attached hydrogens (tertiary/aromatic N) is 1. The summed E-state index contributed by atoms with van der Waals surface area (Å²) in [6, 6.07) is 4.55. The first-order chi connectivity index (χ1) is 8.81. The fraction of sp³-hybridized carbons (Fsp3) is 0.462. The van der Waals surface area contributed by atoms with E-state index >= 15 is 0 Å². The van der Waals surface area contributed by atoms with Gasteiger partial charge in [0.1, 0.15) is 0 Å². The molecule has 4 nitrogen and oxygen atoms in total. The number of fused-ring (bicyclic) bond motifs is 1. The monoisotopic (exact) mass is 303 g/mol. The van der Waals surface area contributed by atoms with Gasteiger partial charge in [-0.1, -0.05) is 20.3 Å². The molecule has 1 aliphatic rings. The van der Waals surface area contributed by atoms with E-state index in [1.165, 1.54) is 23.5 Å². The number of benzene rings is 1. The molecular weight excluding hydrogens is 286 g/mol. The first-order valence-corrected chi connectivity index (χ1v) is 8.46. The van der Waals surface area contributed by atoms with E-state index in [9.17, 15) is 13.2 Å². The van der Waals surface area contributed by atoms with E-state index in [1.54, 1.807) is 13.1 Å². The maximum Gasteiger partial charge on any atom is 0.261 e. The summed E-state index contributed by atoms with van der Waals surface area (Å²) >= 11 is 0. The highest BCUT2D eigenvalue weighted by Crippen LogP contribution is 2.29. The van der Waals surface area contributed by atoms with E-state index in [0.29, 0.717) is 12.8 Å². The molecule has 1 amide bonds. The summed E-state index contributed by atoms with van der Waals surface area (Å²) in [6.45, 7) is 4.25. The molecule has 0 N–H and O–H groups in total. The van der Waals surface area contributed by atoms with Crippen molar-refractivity contribution in [3.8, 4) is 0 Å². The lowest BCUT2D eigenvalue weighted by Crippen LogP contribution is -2.31. The van der Waals surface area contributed by atoms with Crippen LogP contribution >= 0.6 is 10.7 Å². The highest BCUT2D eigenvalue weighted by Gasteiger charge is 2.22. The van der Waals surface area contributed by atoms with E-state index in [-0.39, 0.29) is 10.8 Å². The maximum atomic E-state index is 11.4. The maximum absolute atomic E-state index is 11.4. The van der Waals surface area contributed by atoms with Crippen molar-refractivity contribution in [2.75, 3.05) is 11.9 Å². The lowest BCUT2D eigenvalue weighted by Gasteiger charge is -2.25. The van der Waals surface area contributed by atoms with Gasteiger partial charge in [-0.15, -0.1) is 0 Å². The summed E-state index contributed by atoms with van der Waals surface area (Å²) in [6.07, 6.45) is 2.20. The second-order valence-electron chi connectivity index (χ2n) is 4.39. The van der Waals surface area contributed by atoms with E-state index in [4.69, 9.17) is 10.7 Å². The molecule has 0 aliphatic carbocycles. The quantitative estimate of drug-likeness (QED) is 0.750. The number of rotatable bonds is 1. The van der Waals surface area contributed by atoms with Gasteiger partial charge in [-0.25, -0.2) is 8.42 Å². The number of anilines is 1. The Hall–Kier alpha value is -1.07. The Balaban J connectivity index is 0.000000550. The first-order valence-electron chi connectivity index (χ1n) is 6.15. The van der Waals surface area contributed by atoms with Gasteiger partial charge in [0.25, 0.3) is 9.05 Å². The van der Waals surface area contributed by atoms with Gasteiger partial charge in [-0.05, 0) is 30.2 Å². The standard InChI is InChI=1S/C10H10ClNO3S.C3H8/c1-12-9-4-3-8(16(11,14)15)6-7(9)2-5-10(12)13;1-3-2/h3-4,6H,2,5H2,1H3;3H2,1-2H3. The number of carbonyl (C=O) groups is 1. The van der Waals surface area contributed by atoms with Crippen molar-refractivity contribution in [1.82, 2.24) is 0 Å². The predicted octanol–water partition coefficient (Wildman–Crippen LogP) is 2.94. The minimum atomic E-state index is -3.70. The van der Waals surface area contributed by atoms with E-state index < -0.39 is 9.05 Å². The zero-order valence-corrected chi connectivity index (χ0v) is 12.9. The molecule has 0 bridgehead atoms. The van der Waals surface area contributed by atoms with E-state index in [0.717, 1.165) is 11.3 Å². The molecule has 1 aromatic carbocycles. The van der Waals surface area contributed by atoms with Gasteiger partial charge in [-0.2, -0.15) is 0 Å². The third-order valence-corrected chi connectivity index (χ3v) is 4.03. The first kappa shape index (κ1) is 16.0. The van der Waals surface area contributed by atoms with Crippen LogP contribution in [0.4, 0.5) is 5.69 Å². The molecule has 0 saturated heterocycles. The second kappa shape index (κ2) is 6.39. The Bertz CT molecular complexity index is 569. The van der Waals surface area contributed by atoms with Crippen LogP contribution < -0.4 is 4.90 Å². The van der Waals surface area contributed by atoms with Crippen LogP contribution in [0.1, 0.15) is 32.3 Å². The minimum Gasteiger partial charge on any atom is -0.315 e. The largest absolute Gasteiger partial charge is 0.315 e. The van der Waals surface area contributed by atoms with Crippen LogP contribution in [0.15, 0.2) is 23.1 Å². The van der Waals surface area contributed by atoms with E-state index in [2.05, 4.69) is 13.8 Å². The van der Waals surface area contributed by atoms with Gasteiger partial charge in [0.2, 0.25) is 5.91 Å². The van der Waals surface area contributed by atoms with Crippen LogP contribution in [0.3, 0.4) is 0 Å². The molecule has 19 heavy (non-hydrogen) atoms. The van der Waals surface area contributed by atoms with Gasteiger partial charge >= 0.3 is 0 Å². The van der Waals surface area contributed by atoms with Gasteiger partial charge in [0, 0.05) is 29.8 Å². The van der Waals surface area contributed by atoms with Crippen LogP contribution in [0, 0.1) is 0 Å². The van der Waals surface area contributed by atoms with Crippen LogP contribution in [0.2, 0.25) is 0 Å². The molecular formula is C13H18ClNO3S. The number of hydrogen-bond donors (Lipinski definition) is 0. The number of aryl methyl sites for hydroxylation is 1. The highest BCUT2D eigenvalue weighted by atomic mass is 35.7. The molecule has 1 aromatic rings. The number of hydrogen-bond acceptors (Lipinski definition) is 3. The average molecular weight is 304 g/mol. The number of halogens is 1. The lowest BCUT2D eigenvalue weighted by atomic mass is 10.0. The zero-order chi connectivity index (χ0) is 14.6. The van der Waals surface area contributed by atoms with Crippen molar-refractivity contribution in [2.24, 2.45) is 0 Å². The summed E-state index contributed by atoms with van der Waals surface area (Å²) in [4.78, 5) is 13.0. The van der Waals surface area contributed by atoms with Crippen molar-refractivity contribution in [3.63, 3.8) is 0 Å². The zero-order valence-electron chi connectivity index (χ0n) is 11.3. The van der Waals surface area contributed by atoms with Crippen LogP contribution in [-0.4, -0.2) is 21.4 Å². The average Bonchev–Trinajstić information content (AvgIpc) is 2.33. The van der Waals surface area contributed by atoms with Gasteiger partial charge < -0.3 is 4.90 Å². The molecule has 106 valence electrons. The Labute approximate surface area is 118 Å². The molecule has 1 heterocycles. The molecule has 0 saturated carbocycles. The third kappa shape index (κ3) is 3.94. The molecule has 0 aromatic heterocycles. The van der Waals surface area contributed by atoms with Crippen molar-refractivity contribution < 1.29 is 13.2 Å². The molecule has 0 unspecified atom stereocenters. The molecule has 2 rings (SSSR count). The highest BCUT2D eigenvalue weighted by molar-refractivity contribution is 8.13. The third-order valence-electron chi connectivity index (χ3n) is 2.68. The summed E-state index contributed by atoms with van der Waals surface area (Å²) in [5, 5.41) is 0. The SMILES string of the molecule is CCC.CN1C(=O)CCc2cc(S(=O)(=O)Cl)ccc21. The lowest BCUT2D eigenvalue weighted by molar-refractivity contribution is -0.118. The van der Waals surface area contributed by atoms with Crippen molar-refractivity contribution in [1.29, 1.82) is 0 Å². The molecule has 0 spiro atoms. The number of carbonyl (C=O) groups excluding carboxylic acids is 1. The Morgan fingerprint density at radius 1 is 1.26 bits per heavy atom. The molecule has 0 atom stereocenters. The van der Waals surface area contributed by atoms with Gasteiger partial charge in [-0.3, -0.25) is 4.79 Å². The Morgan fingerprint density at radius 2 is 1.84 bits per heavy atom. The van der Waals surface area contributed by atoms with E-state index in [1.807, 2.05) is 0 Å². The van der Waals surface area contributed by atoms with Crippen molar-refractivity contribution in [3.05, 3.63) is 23.8 Å².